The molecule has 0 aliphatic carbocycles. The van der Waals surface area contributed by atoms with Crippen molar-refractivity contribution in [3.63, 3.8) is 0 Å². The van der Waals surface area contributed by atoms with Crippen molar-refractivity contribution in [1.82, 2.24) is 9.80 Å². The van der Waals surface area contributed by atoms with Gasteiger partial charge >= 0.3 is 0 Å². The molecule has 0 spiro atoms. The molecule has 36 heavy (non-hydrogen) atoms. The summed E-state index contributed by atoms with van der Waals surface area (Å²) in [7, 11) is 0. The summed E-state index contributed by atoms with van der Waals surface area (Å²) >= 11 is 12.1. The van der Waals surface area contributed by atoms with E-state index in [1.165, 1.54) is 0 Å². The maximum absolute atomic E-state index is 13.2. The van der Waals surface area contributed by atoms with Gasteiger partial charge in [-0.3, -0.25) is 9.59 Å². The number of morpholine rings is 1. The Morgan fingerprint density at radius 1 is 0.917 bits per heavy atom. The van der Waals surface area contributed by atoms with Gasteiger partial charge in [0, 0.05) is 29.7 Å². The van der Waals surface area contributed by atoms with Gasteiger partial charge in [0.2, 0.25) is 5.91 Å². The zero-order chi connectivity index (χ0) is 25.5. The summed E-state index contributed by atoms with van der Waals surface area (Å²) in [5.41, 5.74) is -0.0655. The van der Waals surface area contributed by atoms with Gasteiger partial charge in [-0.2, -0.15) is 0 Å². The van der Waals surface area contributed by atoms with Crippen molar-refractivity contribution in [2.45, 2.75) is 38.2 Å². The van der Waals surface area contributed by atoms with Gasteiger partial charge in [-0.05, 0) is 74.2 Å². The number of aryl methyl sites for hydroxylation is 1. The maximum Gasteiger partial charge on any atom is 0.260 e. The molecule has 2 aromatic carbocycles. The molecule has 0 aromatic heterocycles. The highest BCUT2D eigenvalue weighted by Gasteiger charge is 2.42. The van der Waals surface area contributed by atoms with E-state index >= 15 is 0 Å². The molecule has 0 saturated carbocycles. The van der Waals surface area contributed by atoms with Crippen LogP contribution in [0.3, 0.4) is 0 Å². The van der Waals surface area contributed by atoms with Gasteiger partial charge in [-0.15, -0.1) is 0 Å². The summed E-state index contributed by atoms with van der Waals surface area (Å²) in [6, 6.07) is 12.3. The molecule has 1 atom stereocenters. The Labute approximate surface area is 222 Å². The van der Waals surface area contributed by atoms with Crippen LogP contribution in [0.5, 0.6) is 11.5 Å². The number of hydrogen-bond donors (Lipinski definition) is 0. The Hall–Kier alpha value is -2.48. The standard InChI is InChI=1S/C27H32Cl2N2O5/c1-20-15-23(9-10-24(20)29)35-19-27(16-25(32)30-11-3-2-4-12-30)18-31(13-14-36-27)26(33)17-34-22-7-5-21(28)6-8-22/h5-10,15H,2-4,11-14,16-19H2,1H3. The van der Waals surface area contributed by atoms with Crippen LogP contribution in [0.1, 0.15) is 31.2 Å². The quantitative estimate of drug-likeness (QED) is 0.488. The lowest BCUT2D eigenvalue weighted by Gasteiger charge is -2.43. The second kappa shape index (κ2) is 12.2. The molecule has 2 aliphatic heterocycles. The summed E-state index contributed by atoms with van der Waals surface area (Å²) in [5, 5.41) is 1.25. The van der Waals surface area contributed by atoms with Gasteiger partial charge in [0.15, 0.2) is 6.61 Å². The summed E-state index contributed by atoms with van der Waals surface area (Å²) in [6.07, 6.45) is 3.29. The summed E-state index contributed by atoms with van der Waals surface area (Å²) in [6.45, 7) is 4.40. The SMILES string of the molecule is Cc1cc(OCC2(CC(=O)N3CCCCC3)CN(C(=O)COc3ccc(Cl)cc3)CCO2)ccc1Cl. The van der Waals surface area contributed by atoms with Crippen molar-refractivity contribution in [2.75, 3.05) is 46.0 Å². The van der Waals surface area contributed by atoms with E-state index in [1.807, 2.05) is 17.9 Å². The first-order valence-electron chi connectivity index (χ1n) is 12.3. The van der Waals surface area contributed by atoms with Gasteiger partial charge in [0.25, 0.3) is 5.91 Å². The minimum atomic E-state index is -0.962. The first kappa shape index (κ1) is 26.6. The Morgan fingerprint density at radius 2 is 1.64 bits per heavy atom. The number of amides is 2. The number of carbonyl (C=O) groups is 2. The lowest BCUT2D eigenvalue weighted by Crippen LogP contribution is -2.59. The van der Waals surface area contributed by atoms with Crippen LogP contribution in [-0.2, 0) is 14.3 Å². The van der Waals surface area contributed by atoms with Crippen LogP contribution < -0.4 is 9.47 Å². The molecule has 1 unspecified atom stereocenters. The Bertz CT molecular complexity index is 1060. The average Bonchev–Trinajstić information content (AvgIpc) is 2.89. The molecule has 2 aromatic rings. The number of nitrogens with zero attached hydrogens (tertiary/aromatic N) is 2. The van der Waals surface area contributed by atoms with Crippen LogP contribution in [0.15, 0.2) is 42.5 Å². The third kappa shape index (κ3) is 7.05. The van der Waals surface area contributed by atoms with Crippen LogP contribution in [0.4, 0.5) is 0 Å². The lowest BCUT2D eigenvalue weighted by atomic mass is 9.96. The van der Waals surface area contributed by atoms with E-state index in [4.69, 9.17) is 37.4 Å². The summed E-state index contributed by atoms with van der Waals surface area (Å²) in [5.74, 6) is 1.05. The number of carbonyl (C=O) groups excluding carboxylic acids is 2. The molecule has 2 fully saturated rings. The smallest absolute Gasteiger partial charge is 0.260 e. The lowest BCUT2D eigenvalue weighted by molar-refractivity contribution is -0.167. The number of ether oxygens (including phenoxy) is 3. The van der Waals surface area contributed by atoms with Crippen molar-refractivity contribution in [3.05, 3.63) is 58.1 Å². The van der Waals surface area contributed by atoms with Gasteiger partial charge in [-0.25, -0.2) is 0 Å². The van der Waals surface area contributed by atoms with Gasteiger partial charge in [-0.1, -0.05) is 23.2 Å². The Morgan fingerprint density at radius 3 is 2.36 bits per heavy atom. The van der Waals surface area contributed by atoms with Crippen molar-refractivity contribution >= 4 is 35.0 Å². The molecule has 4 rings (SSSR count). The zero-order valence-corrected chi connectivity index (χ0v) is 22.0. The number of piperidine rings is 1. The van der Waals surface area contributed by atoms with E-state index in [1.54, 1.807) is 41.3 Å². The van der Waals surface area contributed by atoms with Crippen molar-refractivity contribution < 1.29 is 23.8 Å². The highest BCUT2D eigenvalue weighted by molar-refractivity contribution is 6.31. The first-order valence-corrected chi connectivity index (χ1v) is 13.1. The van der Waals surface area contributed by atoms with E-state index < -0.39 is 5.60 Å². The first-order chi connectivity index (χ1) is 17.3. The molecule has 2 amide bonds. The fraction of sp³-hybridized carbons (Fsp3) is 0.481. The molecule has 0 N–H and O–H groups in total. The van der Waals surface area contributed by atoms with Crippen LogP contribution in [0, 0.1) is 6.92 Å². The number of hydrogen-bond acceptors (Lipinski definition) is 5. The molecule has 2 saturated heterocycles. The number of halogens is 2. The predicted molar refractivity (Wildman–Crippen MR) is 139 cm³/mol. The van der Waals surface area contributed by atoms with E-state index in [2.05, 4.69) is 0 Å². The molecule has 0 radical (unpaired) electrons. The van der Waals surface area contributed by atoms with Crippen molar-refractivity contribution in [1.29, 1.82) is 0 Å². The minimum Gasteiger partial charge on any atom is -0.490 e. The van der Waals surface area contributed by atoms with E-state index in [0.717, 1.165) is 37.9 Å². The highest BCUT2D eigenvalue weighted by Crippen LogP contribution is 2.28. The average molecular weight is 535 g/mol. The third-order valence-electron chi connectivity index (χ3n) is 6.59. The number of rotatable bonds is 8. The predicted octanol–water partition coefficient (Wildman–Crippen LogP) is 4.76. The van der Waals surface area contributed by atoms with E-state index in [0.29, 0.717) is 34.7 Å². The molecule has 194 valence electrons. The largest absolute Gasteiger partial charge is 0.490 e. The maximum atomic E-state index is 13.2. The molecule has 2 heterocycles. The third-order valence-corrected chi connectivity index (χ3v) is 7.27. The monoisotopic (exact) mass is 534 g/mol. The molecule has 2 aliphatic rings. The molecule has 9 heteroatoms. The molecular weight excluding hydrogens is 503 g/mol. The van der Waals surface area contributed by atoms with E-state index in [-0.39, 0.29) is 38.0 Å². The van der Waals surface area contributed by atoms with Crippen LogP contribution in [0.2, 0.25) is 10.0 Å². The summed E-state index contributed by atoms with van der Waals surface area (Å²) in [4.78, 5) is 29.9. The topological polar surface area (TPSA) is 68.3 Å². The second-order valence-corrected chi connectivity index (χ2v) is 10.3. The number of benzene rings is 2. The zero-order valence-electron chi connectivity index (χ0n) is 20.5. The Kier molecular flexibility index (Phi) is 8.99. The normalized spacial score (nSPS) is 20.2. The van der Waals surface area contributed by atoms with Crippen molar-refractivity contribution in [3.8, 4) is 11.5 Å². The molecule has 7 nitrogen and oxygen atoms in total. The fourth-order valence-electron chi connectivity index (χ4n) is 4.52. The van der Waals surface area contributed by atoms with Crippen LogP contribution >= 0.6 is 23.2 Å². The fourth-order valence-corrected chi connectivity index (χ4v) is 4.77. The van der Waals surface area contributed by atoms with Crippen molar-refractivity contribution in [2.24, 2.45) is 0 Å². The minimum absolute atomic E-state index is 0.0253. The molecule has 0 bridgehead atoms. The Balaban J connectivity index is 1.45. The van der Waals surface area contributed by atoms with Crippen LogP contribution in [0.25, 0.3) is 0 Å². The molecular formula is C27H32Cl2N2O5. The van der Waals surface area contributed by atoms with Gasteiger partial charge < -0.3 is 24.0 Å². The van der Waals surface area contributed by atoms with Gasteiger partial charge in [0.05, 0.1) is 19.6 Å². The highest BCUT2D eigenvalue weighted by atomic mass is 35.5. The van der Waals surface area contributed by atoms with Crippen LogP contribution in [-0.4, -0.2) is 73.2 Å². The second-order valence-electron chi connectivity index (χ2n) is 9.41. The summed E-state index contributed by atoms with van der Waals surface area (Å²) < 4.78 is 18.0. The van der Waals surface area contributed by atoms with Gasteiger partial charge in [0.1, 0.15) is 23.7 Å². The van der Waals surface area contributed by atoms with E-state index in [9.17, 15) is 9.59 Å². The number of likely N-dealkylation sites (tertiary alicyclic amines) is 1.